The maximum absolute atomic E-state index is 12.8. The van der Waals surface area contributed by atoms with E-state index in [1.165, 1.54) is 0 Å². The molecular weight excluding hydrogens is 332 g/mol. The fourth-order valence-corrected chi connectivity index (χ4v) is 4.25. The van der Waals surface area contributed by atoms with Gasteiger partial charge in [0.15, 0.2) is 0 Å². The second-order valence-electron chi connectivity index (χ2n) is 7.59. The van der Waals surface area contributed by atoms with E-state index in [0.29, 0.717) is 24.4 Å². The van der Waals surface area contributed by atoms with Crippen LogP contribution in [-0.4, -0.2) is 45.1 Å². The van der Waals surface area contributed by atoms with Gasteiger partial charge in [-0.1, -0.05) is 0 Å². The van der Waals surface area contributed by atoms with Crippen molar-refractivity contribution in [3.05, 3.63) is 41.1 Å². The number of nitrogens with zero attached hydrogens (tertiary/aromatic N) is 3. The molecule has 0 radical (unpaired) electrons. The first kappa shape index (κ1) is 16.9. The lowest BCUT2D eigenvalue weighted by atomic mass is 9.82. The van der Waals surface area contributed by atoms with Gasteiger partial charge in [-0.25, -0.2) is 0 Å². The van der Waals surface area contributed by atoms with E-state index >= 15 is 0 Å². The minimum absolute atomic E-state index is 0.0160. The largest absolute Gasteiger partial charge is 0.466 e. The van der Waals surface area contributed by atoms with Gasteiger partial charge in [-0.3, -0.25) is 14.3 Å². The number of hydrogen-bond acceptors (Lipinski definition) is 4. The van der Waals surface area contributed by atoms with Crippen molar-refractivity contribution in [2.24, 2.45) is 7.05 Å². The molecule has 0 unspecified atom stereocenters. The van der Waals surface area contributed by atoms with Crippen molar-refractivity contribution >= 4 is 11.8 Å². The Kier molecular flexibility index (Phi) is 3.89. The molecule has 2 aliphatic heterocycles. The van der Waals surface area contributed by atoms with Crippen LogP contribution in [0, 0.1) is 13.8 Å². The molecule has 2 aliphatic rings. The van der Waals surface area contributed by atoms with Crippen molar-refractivity contribution in [2.45, 2.75) is 44.6 Å². The molecule has 2 saturated heterocycles. The number of piperidine rings is 1. The highest BCUT2D eigenvalue weighted by Gasteiger charge is 2.47. The first-order valence-electron chi connectivity index (χ1n) is 9.04. The van der Waals surface area contributed by atoms with Gasteiger partial charge in [0.2, 0.25) is 5.91 Å². The summed E-state index contributed by atoms with van der Waals surface area (Å²) in [5.41, 5.74) is 1.39. The molecule has 0 aromatic carbocycles. The Morgan fingerprint density at radius 2 is 2.08 bits per heavy atom. The molecule has 0 bridgehead atoms. The van der Waals surface area contributed by atoms with Crippen molar-refractivity contribution < 1.29 is 14.0 Å². The summed E-state index contributed by atoms with van der Waals surface area (Å²) in [4.78, 5) is 27.1. The Morgan fingerprint density at radius 1 is 1.35 bits per heavy atom. The lowest BCUT2D eigenvalue weighted by Crippen LogP contribution is -2.52. The third-order valence-electron chi connectivity index (χ3n) is 5.71. The van der Waals surface area contributed by atoms with E-state index in [0.717, 1.165) is 30.6 Å². The van der Waals surface area contributed by atoms with Crippen LogP contribution in [-0.2, 0) is 11.8 Å². The van der Waals surface area contributed by atoms with E-state index in [-0.39, 0.29) is 23.3 Å². The SMILES string of the molecule is Cc1cc(C(=O)N2CCC3(CC2)C[C@@H](c2cnn(C)c2)C(=O)N3)c(C)o1. The van der Waals surface area contributed by atoms with Crippen LogP contribution in [0.3, 0.4) is 0 Å². The van der Waals surface area contributed by atoms with Crippen LogP contribution in [0.5, 0.6) is 0 Å². The zero-order valence-electron chi connectivity index (χ0n) is 15.4. The number of furan rings is 1. The summed E-state index contributed by atoms with van der Waals surface area (Å²) in [6.07, 6.45) is 6.00. The average Bonchev–Trinajstić information content (AvgIpc) is 3.26. The van der Waals surface area contributed by atoms with E-state index in [4.69, 9.17) is 4.42 Å². The summed E-state index contributed by atoms with van der Waals surface area (Å²) >= 11 is 0. The van der Waals surface area contributed by atoms with Crippen molar-refractivity contribution in [2.75, 3.05) is 13.1 Å². The second-order valence-corrected chi connectivity index (χ2v) is 7.59. The number of carbonyl (C=O) groups excluding carboxylic acids is 2. The number of hydrogen-bond donors (Lipinski definition) is 1. The van der Waals surface area contributed by atoms with Crippen molar-refractivity contribution in [3.63, 3.8) is 0 Å². The number of aryl methyl sites for hydroxylation is 3. The quantitative estimate of drug-likeness (QED) is 0.891. The molecular formula is C19H24N4O3. The van der Waals surface area contributed by atoms with Gasteiger partial charge in [-0.2, -0.15) is 5.10 Å². The van der Waals surface area contributed by atoms with Crippen molar-refractivity contribution in [1.29, 1.82) is 0 Å². The van der Waals surface area contributed by atoms with E-state index < -0.39 is 0 Å². The van der Waals surface area contributed by atoms with Gasteiger partial charge in [0, 0.05) is 37.4 Å². The second kappa shape index (κ2) is 6.00. The molecule has 2 fully saturated rings. The minimum atomic E-state index is -0.213. The van der Waals surface area contributed by atoms with Crippen molar-refractivity contribution in [1.82, 2.24) is 20.0 Å². The summed E-state index contributed by atoms with van der Waals surface area (Å²) in [6.45, 7) is 4.95. The number of nitrogens with one attached hydrogen (secondary N) is 1. The first-order valence-corrected chi connectivity index (χ1v) is 9.04. The van der Waals surface area contributed by atoms with Gasteiger partial charge in [0.1, 0.15) is 11.5 Å². The maximum atomic E-state index is 12.8. The van der Waals surface area contributed by atoms with E-state index in [1.54, 1.807) is 16.9 Å². The topological polar surface area (TPSA) is 80.4 Å². The number of rotatable bonds is 2. The average molecular weight is 356 g/mol. The number of amides is 2. The highest BCUT2D eigenvalue weighted by molar-refractivity contribution is 5.95. The van der Waals surface area contributed by atoms with Gasteiger partial charge in [0.05, 0.1) is 17.7 Å². The standard InChI is InChI=1S/C19H24N4O3/c1-12-8-15(13(2)26-12)18(25)23-6-4-19(5-7-23)9-16(17(24)21-19)14-10-20-22(3)11-14/h8,10-11,16H,4-7,9H2,1-3H3,(H,21,24)/t16-/m0/s1. The summed E-state index contributed by atoms with van der Waals surface area (Å²) < 4.78 is 7.21. The minimum Gasteiger partial charge on any atom is -0.466 e. The smallest absolute Gasteiger partial charge is 0.257 e. The van der Waals surface area contributed by atoms with Crippen LogP contribution in [0.2, 0.25) is 0 Å². The van der Waals surface area contributed by atoms with Gasteiger partial charge in [-0.15, -0.1) is 0 Å². The third kappa shape index (κ3) is 2.81. The van der Waals surface area contributed by atoms with Crippen LogP contribution < -0.4 is 5.32 Å². The molecule has 138 valence electrons. The van der Waals surface area contributed by atoms with Gasteiger partial charge in [0.25, 0.3) is 5.91 Å². The lowest BCUT2D eigenvalue weighted by molar-refractivity contribution is -0.121. The summed E-state index contributed by atoms with van der Waals surface area (Å²) in [5, 5.41) is 7.39. The van der Waals surface area contributed by atoms with Gasteiger partial charge < -0.3 is 14.6 Å². The predicted molar refractivity (Wildman–Crippen MR) is 94.8 cm³/mol. The molecule has 2 aromatic heterocycles. The molecule has 1 atom stereocenters. The van der Waals surface area contributed by atoms with Crippen LogP contribution in [0.4, 0.5) is 0 Å². The third-order valence-corrected chi connectivity index (χ3v) is 5.71. The van der Waals surface area contributed by atoms with Gasteiger partial charge >= 0.3 is 0 Å². The maximum Gasteiger partial charge on any atom is 0.257 e. The first-order chi connectivity index (χ1) is 12.4. The molecule has 1 N–H and O–H groups in total. The lowest BCUT2D eigenvalue weighted by Gasteiger charge is -2.39. The summed E-state index contributed by atoms with van der Waals surface area (Å²) in [7, 11) is 1.86. The molecule has 0 aliphatic carbocycles. The monoisotopic (exact) mass is 356 g/mol. The Morgan fingerprint density at radius 3 is 2.65 bits per heavy atom. The van der Waals surface area contributed by atoms with E-state index in [2.05, 4.69) is 10.4 Å². The molecule has 0 saturated carbocycles. The Bertz CT molecular complexity index is 858. The summed E-state index contributed by atoms with van der Waals surface area (Å²) in [5.74, 6) is 1.35. The van der Waals surface area contributed by atoms with E-state index in [9.17, 15) is 9.59 Å². The molecule has 2 aromatic rings. The molecule has 7 heteroatoms. The summed E-state index contributed by atoms with van der Waals surface area (Å²) in [6, 6.07) is 1.80. The van der Waals surface area contributed by atoms with Gasteiger partial charge in [-0.05, 0) is 39.2 Å². The van der Waals surface area contributed by atoms with Crippen LogP contribution in [0.25, 0.3) is 0 Å². The fourth-order valence-electron chi connectivity index (χ4n) is 4.25. The van der Waals surface area contributed by atoms with Crippen LogP contribution in [0.15, 0.2) is 22.9 Å². The zero-order chi connectivity index (χ0) is 18.5. The number of aromatic nitrogens is 2. The number of carbonyl (C=O) groups is 2. The molecule has 4 heterocycles. The Balaban J connectivity index is 1.44. The highest BCUT2D eigenvalue weighted by Crippen LogP contribution is 2.39. The Hall–Kier alpha value is -2.57. The predicted octanol–water partition coefficient (Wildman–Crippen LogP) is 1.91. The number of likely N-dealkylation sites (tertiary alicyclic amines) is 1. The molecule has 1 spiro atoms. The van der Waals surface area contributed by atoms with E-state index in [1.807, 2.05) is 32.0 Å². The molecule has 2 amide bonds. The highest BCUT2D eigenvalue weighted by atomic mass is 16.3. The van der Waals surface area contributed by atoms with Crippen molar-refractivity contribution in [3.8, 4) is 0 Å². The molecule has 26 heavy (non-hydrogen) atoms. The molecule has 7 nitrogen and oxygen atoms in total. The normalized spacial score (nSPS) is 22.0. The van der Waals surface area contributed by atoms with Crippen LogP contribution >= 0.6 is 0 Å². The fraction of sp³-hybridized carbons (Fsp3) is 0.526. The van der Waals surface area contributed by atoms with Crippen LogP contribution in [0.1, 0.15) is 52.6 Å². The molecule has 4 rings (SSSR count). The Labute approximate surface area is 152 Å². The zero-order valence-corrected chi connectivity index (χ0v) is 15.4.